The first-order valence-corrected chi connectivity index (χ1v) is 6.63. The Bertz CT molecular complexity index is 552. The van der Waals surface area contributed by atoms with Gasteiger partial charge in [-0.25, -0.2) is 0 Å². The molecule has 4 heteroatoms. The zero-order valence-corrected chi connectivity index (χ0v) is 10.6. The molecule has 4 nitrogen and oxygen atoms in total. The third kappa shape index (κ3) is 2.17. The van der Waals surface area contributed by atoms with Crippen LogP contribution in [0.15, 0.2) is 40.9 Å². The topological polar surface area (TPSA) is 66.5 Å². The van der Waals surface area contributed by atoms with Crippen molar-refractivity contribution in [2.45, 2.75) is 37.4 Å². The summed E-state index contributed by atoms with van der Waals surface area (Å²) in [5.41, 5.74) is 0.325. The van der Waals surface area contributed by atoms with Crippen molar-refractivity contribution in [1.29, 1.82) is 0 Å². The average molecular weight is 259 g/mol. The standard InChI is InChI=1S/C15H17NO3/c17-13-8-4-5-9-15(13,18)14-10-12(16-19-14)11-6-2-1-3-7-11/h1-3,6-7,10,13,17-18H,4-5,8-9H2/t13-,15+/m0/s1. The molecule has 100 valence electrons. The molecular formula is C15H17NO3. The Balaban J connectivity index is 1.93. The van der Waals surface area contributed by atoms with Crippen LogP contribution in [0.5, 0.6) is 0 Å². The number of hydrogen-bond donors (Lipinski definition) is 2. The predicted molar refractivity (Wildman–Crippen MR) is 70.3 cm³/mol. The van der Waals surface area contributed by atoms with Gasteiger partial charge < -0.3 is 14.7 Å². The molecule has 1 saturated carbocycles. The zero-order valence-electron chi connectivity index (χ0n) is 10.6. The van der Waals surface area contributed by atoms with E-state index in [-0.39, 0.29) is 0 Å². The highest BCUT2D eigenvalue weighted by Gasteiger charge is 2.42. The van der Waals surface area contributed by atoms with Crippen LogP contribution in [-0.2, 0) is 5.60 Å². The smallest absolute Gasteiger partial charge is 0.171 e. The van der Waals surface area contributed by atoms with Crippen LogP contribution in [0.1, 0.15) is 31.4 Å². The first-order valence-electron chi connectivity index (χ1n) is 6.63. The molecule has 0 bridgehead atoms. The Morgan fingerprint density at radius 1 is 1.21 bits per heavy atom. The quantitative estimate of drug-likeness (QED) is 0.869. The van der Waals surface area contributed by atoms with Gasteiger partial charge in [-0.3, -0.25) is 0 Å². The van der Waals surface area contributed by atoms with E-state index in [9.17, 15) is 10.2 Å². The van der Waals surface area contributed by atoms with Crippen LogP contribution < -0.4 is 0 Å². The number of rotatable bonds is 2. The SMILES string of the molecule is O[C@H]1CCCC[C@]1(O)c1cc(-c2ccccc2)no1. The lowest BCUT2D eigenvalue weighted by Gasteiger charge is -2.34. The van der Waals surface area contributed by atoms with E-state index in [1.807, 2.05) is 30.3 Å². The Hall–Kier alpha value is -1.65. The van der Waals surface area contributed by atoms with Crippen LogP contribution in [0.3, 0.4) is 0 Å². The molecule has 0 amide bonds. The Labute approximate surface area is 111 Å². The van der Waals surface area contributed by atoms with Crippen LogP contribution >= 0.6 is 0 Å². The fraction of sp³-hybridized carbons (Fsp3) is 0.400. The summed E-state index contributed by atoms with van der Waals surface area (Å²) in [4.78, 5) is 0. The molecule has 1 fully saturated rings. The van der Waals surface area contributed by atoms with E-state index >= 15 is 0 Å². The normalized spacial score (nSPS) is 27.4. The summed E-state index contributed by atoms with van der Waals surface area (Å²) in [5.74, 6) is 0.360. The highest BCUT2D eigenvalue weighted by molar-refractivity contribution is 5.58. The van der Waals surface area contributed by atoms with Gasteiger partial charge in [0.25, 0.3) is 0 Å². The van der Waals surface area contributed by atoms with E-state index in [4.69, 9.17) is 4.52 Å². The summed E-state index contributed by atoms with van der Waals surface area (Å²) in [6.45, 7) is 0. The summed E-state index contributed by atoms with van der Waals surface area (Å²) >= 11 is 0. The van der Waals surface area contributed by atoms with Crippen LogP contribution in [0.2, 0.25) is 0 Å². The fourth-order valence-corrected chi connectivity index (χ4v) is 2.65. The van der Waals surface area contributed by atoms with Crippen LogP contribution in [0.25, 0.3) is 11.3 Å². The molecule has 0 unspecified atom stereocenters. The van der Waals surface area contributed by atoms with Crippen molar-refractivity contribution in [2.24, 2.45) is 0 Å². The lowest BCUT2D eigenvalue weighted by Crippen LogP contribution is -2.41. The molecule has 0 radical (unpaired) electrons. The molecule has 2 atom stereocenters. The predicted octanol–water partition coefficient (Wildman–Crippen LogP) is 2.46. The second-order valence-corrected chi connectivity index (χ2v) is 5.13. The first kappa shape index (κ1) is 12.4. The molecule has 1 aromatic carbocycles. The second-order valence-electron chi connectivity index (χ2n) is 5.13. The highest BCUT2D eigenvalue weighted by Crippen LogP contribution is 2.38. The van der Waals surface area contributed by atoms with E-state index < -0.39 is 11.7 Å². The maximum atomic E-state index is 10.6. The summed E-state index contributed by atoms with van der Waals surface area (Å²) < 4.78 is 5.27. The van der Waals surface area contributed by atoms with Crippen molar-refractivity contribution in [1.82, 2.24) is 5.16 Å². The van der Waals surface area contributed by atoms with Crippen LogP contribution in [0, 0.1) is 0 Å². The van der Waals surface area contributed by atoms with Crippen molar-refractivity contribution in [3.63, 3.8) is 0 Å². The Morgan fingerprint density at radius 3 is 2.74 bits per heavy atom. The van der Waals surface area contributed by atoms with Crippen molar-refractivity contribution >= 4 is 0 Å². The monoisotopic (exact) mass is 259 g/mol. The van der Waals surface area contributed by atoms with E-state index in [2.05, 4.69) is 5.16 Å². The average Bonchev–Trinajstić information content (AvgIpc) is 2.94. The second kappa shape index (κ2) is 4.79. The maximum absolute atomic E-state index is 10.6. The van der Waals surface area contributed by atoms with Gasteiger partial charge in [-0.05, 0) is 19.3 Å². The molecule has 0 saturated heterocycles. The number of aromatic nitrogens is 1. The molecule has 0 aliphatic heterocycles. The number of hydrogen-bond acceptors (Lipinski definition) is 4. The summed E-state index contributed by atoms with van der Waals surface area (Å²) in [7, 11) is 0. The molecular weight excluding hydrogens is 242 g/mol. The molecule has 2 aromatic rings. The molecule has 1 aliphatic carbocycles. The summed E-state index contributed by atoms with van der Waals surface area (Å²) in [6, 6.07) is 11.4. The van der Waals surface area contributed by atoms with Crippen molar-refractivity contribution < 1.29 is 14.7 Å². The van der Waals surface area contributed by atoms with Gasteiger partial charge >= 0.3 is 0 Å². The maximum Gasteiger partial charge on any atom is 0.171 e. The van der Waals surface area contributed by atoms with Gasteiger partial charge in [0.1, 0.15) is 5.69 Å². The minimum atomic E-state index is -1.29. The van der Waals surface area contributed by atoms with Gasteiger partial charge in [-0.1, -0.05) is 41.9 Å². The van der Waals surface area contributed by atoms with E-state index in [1.54, 1.807) is 6.07 Å². The number of aliphatic hydroxyl groups excluding tert-OH is 1. The van der Waals surface area contributed by atoms with Crippen LogP contribution in [0.4, 0.5) is 0 Å². The van der Waals surface area contributed by atoms with Crippen LogP contribution in [-0.4, -0.2) is 21.5 Å². The molecule has 3 rings (SSSR count). The first-order chi connectivity index (χ1) is 9.20. The summed E-state index contributed by atoms with van der Waals surface area (Å²) in [6.07, 6.45) is 2.14. The number of nitrogens with zero attached hydrogens (tertiary/aromatic N) is 1. The van der Waals surface area contributed by atoms with E-state index in [1.165, 1.54) is 0 Å². The molecule has 0 spiro atoms. The third-order valence-corrected chi connectivity index (χ3v) is 3.84. The van der Waals surface area contributed by atoms with Gasteiger partial charge in [-0.15, -0.1) is 0 Å². The molecule has 1 heterocycles. The van der Waals surface area contributed by atoms with E-state index in [0.717, 1.165) is 18.4 Å². The molecule has 2 N–H and O–H groups in total. The van der Waals surface area contributed by atoms with E-state index in [0.29, 0.717) is 24.3 Å². The van der Waals surface area contributed by atoms with Crippen molar-refractivity contribution in [2.75, 3.05) is 0 Å². The van der Waals surface area contributed by atoms with Gasteiger partial charge in [0, 0.05) is 11.6 Å². The number of aliphatic hydroxyl groups is 2. The summed E-state index contributed by atoms with van der Waals surface area (Å²) in [5, 5.41) is 24.6. The molecule has 1 aromatic heterocycles. The van der Waals surface area contributed by atoms with Crippen molar-refractivity contribution in [3.8, 4) is 11.3 Å². The molecule has 1 aliphatic rings. The molecule has 19 heavy (non-hydrogen) atoms. The lowest BCUT2D eigenvalue weighted by molar-refractivity contribution is -0.120. The Morgan fingerprint density at radius 2 is 2.00 bits per heavy atom. The van der Waals surface area contributed by atoms with Crippen molar-refractivity contribution in [3.05, 3.63) is 42.2 Å². The zero-order chi connectivity index (χ0) is 13.3. The van der Waals surface area contributed by atoms with Gasteiger partial charge in [0.15, 0.2) is 11.4 Å². The van der Waals surface area contributed by atoms with Gasteiger partial charge in [-0.2, -0.15) is 0 Å². The van der Waals surface area contributed by atoms with Gasteiger partial charge in [0.05, 0.1) is 6.10 Å². The lowest BCUT2D eigenvalue weighted by atomic mass is 9.80. The van der Waals surface area contributed by atoms with Gasteiger partial charge in [0.2, 0.25) is 0 Å². The largest absolute Gasteiger partial charge is 0.390 e. The minimum Gasteiger partial charge on any atom is -0.390 e. The Kier molecular flexibility index (Phi) is 3.12. The third-order valence-electron chi connectivity index (χ3n) is 3.84. The fourth-order valence-electron chi connectivity index (χ4n) is 2.65. The minimum absolute atomic E-state index is 0.360. The highest BCUT2D eigenvalue weighted by atomic mass is 16.5. The number of benzene rings is 1.